The van der Waals surface area contributed by atoms with Gasteiger partial charge in [0.1, 0.15) is 5.54 Å². The molecule has 7 nitrogen and oxygen atoms in total. The zero-order chi connectivity index (χ0) is 21.1. The van der Waals surface area contributed by atoms with Gasteiger partial charge in [-0.3, -0.25) is 14.9 Å². The molecule has 2 aromatic rings. The van der Waals surface area contributed by atoms with Crippen molar-refractivity contribution in [2.24, 2.45) is 5.92 Å². The van der Waals surface area contributed by atoms with E-state index in [-0.39, 0.29) is 17.5 Å². The first-order valence-electron chi connectivity index (χ1n) is 8.84. The fraction of sp³-hybridized carbons (Fsp3) is 0.333. The summed E-state index contributed by atoms with van der Waals surface area (Å²) in [5.74, 6) is -0.911. The summed E-state index contributed by atoms with van der Waals surface area (Å²) in [5.41, 5.74) is 0.994. The lowest BCUT2D eigenvalue weighted by Crippen LogP contribution is -2.57. The minimum atomic E-state index is -1.09. The Hall–Kier alpha value is -3.22. The second kappa shape index (κ2) is 8.21. The van der Waals surface area contributed by atoms with Gasteiger partial charge in [-0.05, 0) is 48.2 Å². The summed E-state index contributed by atoms with van der Waals surface area (Å²) in [7, 11) is 2.89. The highest BCUT2D eigenvalue weighted by Gasteiger charge is 2.44. The summed E-state index contributed by atoms with van der Waals surface area (Å²) in [4.78, 5) is 36.9. The molecule has 0 spiro atoms. The first kappa shape index (κ1) is 21.1. The van der Waals surface area contributed by atoms with Gasteiger partial charge in [-0.25, -0.2) is 4.79 Å². The minimum Gasteiger partial charge on any atom is -0.467 e. The molecule has 0 heterocycles. The third kappa shape index (κ3) is 3.88. The number of likely N-dealkylation sites (N-methyl/N-ethyl adjacent to an activating group) is 1. The third-order valence-electron chi connectivity index (χ3n) is 5.27. The minimum absolute atomic E-state index is 0.0213. The number of rotatable bonds is 6. The lowest BCUT2D eigenvalue weighted by Gasteiger charge is -2.39. The second-order valence-electron chi connectivity index (χ2n) is 7.04. The predicted octanol–water partition coefficient (Wildman–Crippen LogP) is 3.92. The van der Waals surface area contributed by atoms with Crippen LogP contribution in [-0.2, 0) is 9.53 Å². The second-order valence-corrected chi connectivity index (χ2v) is 7.04. The van der Waals surface area contributed by atoms with Crippen LogP contribution in [0.2, 0.25) is 0 Å². The SMILES string of the molecule is COC(=O)[C@@](C)(C(C)C)N(C)C(=O)c1ccc(-c2ccc([N+](=O)[O-])cc2)cc1. The average Bonchev–Trinajstić information content (AvgIpc) is 2.71. The van der Waals surface area contributed by atoms with Crippen molar-refractivity contribution in [2.75, 3.05) is 14.2 Å². The average molecular weight is 384 g/mol. The van der Waals surface area contributed by atoms with Gasteiger partial charge in [0.05, 0.1) is 12.0 Å². The lowest BCUT2D eigenvalue weighted by molar-refractivity contribution is -0.384. The van der Waals surface area contributed by atoms with Crippen LogP contribution in [-0.4, -0.2) is 41.4 Å². The van der Waals surface area contributed by atoms with E-state index in [1.165, 1.54) is 24.1 Å². The molecule has 0 aliphatic carbocycles. The Morgan fingerprint density at radius 2 is 1.50 bits per heavy atom. The number of nitrogens with zero attached hydrogens (tertiary/aromatic N) is 2. The van der Waals surface area contributed by atoms with Crippen LogP contribution < -0.4 is 0 Å². The van der Waals surface area contributed by atoms with Crippen molar-refractivity contribution in [1.82, 2.24) is 4.90 Å². The number of carbonyl (C=O) groups is 2. The third-order valence-corrected chi connectivity index (χ3v) is 5.27. The van der Waals surface area contributed by atoms with Gasteiger partial charge in [0, 0.05) is 24.7 Å². The van der Waals surface area contributed by atoms with E-state index < -0.39 is 16.4 Å². The number of hydrogen-bond donors (Lipinski definition) is 0. The van der Waals surface area contributed by atoms with Crippen LogP contribution in [0, 0.1) is 16.0 Å². The van der Waals surface area contributed by atoms with Gasteiger partial charge in [0.2, 0.25) is 0 Å². The van der Waals surface area contributed by atoms with Gasteiger partial charge >= 0.3 is 5.97 Å². The van der Waals surface area contributed by atoms with Crippen molar-refractivity contribution in [3.63, 3.8) is 0 Å². The molecule has 148 valence electrons. The molecular weight excluding hydrogens is 360 g/mol. The Morgan fingerprint density at radius 1 is 1.04 bits per heavy atom. The Morgan fingerprint density at radius 3 is 1.89 bits per heavy atom. The van der Waals surface area contributed by atoms with Gasteiger partial charge in [0.25, 0.3) is 11.6 Å². The van der Waals surface area contributed by atoms with Crippen molar-refractivity contribution in [3.05, 3.63) is 64.2 Å². The van der Waals surface area contributed by atoms with Crippen LogP contribution in [0.5, 0.6) is 0 Å². The van der Waals surface area contributed by atoms with E-state index in [4.69, 9.17) is 4.74 Å². The first-order valence-corrected chi connectivity index (χ1v) is 8.84. The lowest BCUT2D eigenvalue weighted by atomic mass is 9.86. The van der Waals surface area contributed by atoms with Crippen LogP contribution in [0.1, 0.15) is 31.1 Å². The Balaban J connectivity index is 2.27. The van der Waals surface area contributed by atoms with Crippen LogP contribution in [0.4, 0.5) is 5.69 Å². The molecule has 1 atom stereocenters. The summed E-state index contributed by atoms with van der Waals surface area (Å²) in [6.07, 6.45) is 0. The van der Waals surface area contributed by atoms with E-state index in [1.807, 2.05) is 13.8 Å². The van der Waals surface area contributed by atoms with E-state index >= 15 is 0 Å². The number of ether oxygens (including phenoxy) is 1. The van der Waals surface area contributed by atoms with Gasteiger partial charge in [-0.1, -0.05) is 26.0 Å². The van der Waals surface area contributed by atoms with Gasteiger partial charge < -0.3 is 9.64 Å². The number of esters is 1. The summed E-state index contributed by atoms with van der Waals surface area (Å²) in [6.45, 7) is 5.41. The highest BCUT2D eigenvalue weighted by molar-refractivity contribution is 5.98. The van der Waals surface area contributed by atoms with Crippen LogP contribution in [0.15, 0.2) is 48.5 Å². The first-order chi connectivity index (χ1) is 13.1. The van der Waals surface area contributed by atoms with Crippen LogP contribution in [0.3, 0.4) is 0 Å². The Labute approximate surface area is 164 Å². The van der Waals surface area contributed by atoms with Crippen molar-refractivity contribution in [2.45, 2.75) is 26.3 Å². The standard InChI is InChI=1S/C21H24N2O5/c1-14(2)21(3,20(25)28-5)22(4)19(24)17-8-6-15(7-9-17)16-10-12-18(13-11-16)23(26)27/h6-14H,1-5H3/t21-/m1/s1. The molecule has 2 rings (SSSR count). The molecule has 0 radical (unpaired) electrons. The zero-order valence-corrected chi connectivity index (χ0v) is 16.6. The highest BCUT2D eigenvalue weighted by Crippen LogP contribution is 2.28. The number of methoxy groups -OCH3 is 1. The van der Waals surface area contributed by atoms with Gasteiger partial charge in [-0.15, -0.1) is 0 Å². The molecule has 0 unspecified atom stereocenters. The molecule has 0 saturated heterocycles. The van der Waals surface area contributed by atoms with E-state index in [0.29, 0.717) is 5.56 Å². The molecule has 0 N–H and O–H groups in total. The fourth-order valence-electron chi connectivity index (χ4n) is 2.95. The quantitative estimate of drug-likeness (QED) is 0.428. The smallest absolute Gasteiger partial charge is 0.331 e. The van der Waals surface area contributed by atoms with E-state index in [2.05, 4.69) is 0 Å². The van der Waals surface area contributed by atoms with Crippen molar-refractivity contribution in [1.29, 1.82) is 0 Å². The van der Waals surface area contributed by atoms with Crippen molar-refractivity contribution >= 4 is 17.6 Å². The number of hydrogen-bond acceptors (Lipinski definition) is 5. The maximum atomic E-state index is 12.9. The zero-order valence-electron chi connectivity index (χ0n) is 16.6. The number of nitro groups is 1. The monoisotopic (exact) mass is 384 g/mol. The number of amides is 1. The van der Waals surface area contributed by atoms with Gasteiger partial charge in [0.15, 0.2) is 0 Å². The molecule has 2 aromatic carbocycles. The maximum Gasteiger partial charge on any atom is 0.331 e. The normalized spacial score (nSPS) is 12.9. The number of carbonyl (C=O) groups excluding carboxylic acids is 2. The largest absolute Gasteiger partial charge is 0.467 e. The molecule has 0 bridgehead atoms. The molecule has 0 aliphatic heterocycles. The summed E-state index contributed by atoms with van der Waals surface area (Å²) >= 11 is 0. The van der Waals surface area contributed by atoms with Gasteiger partial charge in [-0.2, -0.15) is 0 Å². The molecular formula is C21H24N2O5. The number of benzene rings is 2. The Kier molecular flexibility index (Phi) is 6.18. The van der Waals surface area contributed by atoms with Crippen LogP contribution >= 0.6 is 0 Å². The molecule has 0 aromatic heterocycles. The van der Waals surface area contributed by atoms with E-state index in [1.54, 1.807) is 50.4 Å². The van der Waals surface area contributed by atoms with Crippen LogP contribution in [0.25, 0.3) is 11.1 Å². The maximum absolute atomic E-state index is 12.9. The molecule has 0 aliphatic rings. The molecule has 7 heteroatoms. The molecule has 28 heavy (non-hydrogen) atoms. The summed E-state index contributed by atoms with van der Waals surface area (Å²) < 4.78 is 4.91. The molecule has 1 amide bonds. The van der Waals surface area contributed by atoms with E-state index in [9.17, 15) is 19.7 Å². The number of nitro benzene ring substituents is 1. The van der Waals surface area contributed by atoms with E-state index in [0.717, 1.165) is 11.1 Å². The summed E-state index contributed by atoms with van der Waals surface area (Å²) in [6, 6.07) is 13.1. The molecule has 0 fully saturated rings. The number of non-ortho nitro benzene ring substituents is 1. The summed E-state index contributed by atoms with van der Waals surface area (Å²) in [5, 5.41) is 10.8. The molecule has 0 saturated carbocycles. The fourth-order valence-corrected chi connectivity index (χ4v) is 2.95. The van der Waals surface area contributed by atoms with Crippen molar-refractivity contribution in [3.8, 4) is 11.1 Å². The predicted molar refractivity (Wildman–Crippen MR) is 106 cm³/mol. The highest BCUT2D eigenvalue weighted by atomic mass is 16.6. The Bertz CT molecular complexity index is 875. The van der Waals surface area contributed by atoms with Crippen molar-refractivity contribution < 1.29 is 19.2 Å². The topological polar surface area (TPSA) is 89.8 Å².